The van der Waals surface area contributed by atoms with Gasteiger partial charge >= 0.3 is 15.9 Å². The predicted octanol–water partition coefficient (Wildman–Crippen LogP) is 2.05. The molecule has 0 aliphatic rings. The summed E-state index contributed by atoms with van der Waals surface area (Å²) in [7, 11) is -5.21. The van der Waals surface area contributed by atoms with Gasteiger partial charge in [0.2, 0.25) is 5.82 Å². The molecule has 1 aromatic carbocycles. The average molecular weight is 258 g/mol. The average Bonchev–Trinajstić information content (AvgIpc) is 2.00. The highest BCUT2D eigenvalue weighted by Crippen LogP contribution is 2.29. The maximum absolute atomic E-state index is 12.8. The van der Waals surface area contributed by atoms with E-state index in [1.54, 1.807) is 0 Å². The first-order valence-electron chi connectivity index (χ1n) is 3.31. The minimum absolute atomic E-state index is 0.229. The van der Waals surface area contributed by atoms with E-state index in [4.69, 9.17) is 11.6 Å². The summed E-state index contributed by atoms with van der Waals surface area (Å²) in [5.74, 6) is -1.34. The minimum atomic E-state index is -5.21. The number of nitrogens with zero attached hydrogens (tertiary/aromatic N) is 1. The van der Waals surface area contributed by atoms with Crippen LogP contribution in [0.3, 0.4) is 0 Å². The second kappa shape index (κ2) is 3.70. The summed E-state index contributed by atoms with van der Waals surface area (Å²) < 4.78 is 46.2. The molecule has 1 rings (SSSR count). The van der Waals surface area contributed by atoms with Gasteiger partial charge in [-0.05, 0) is 0 Å². The zero-order valence-electron chi connectivity index (χ0n) is 6.78. The highest BCUT2D eigenvalue weighted by atomic mass is 35.5. The zero-order chi connectivity index (χ0) is 11.8. The Kier molecular flexibility index (Phi) is 2.91. The van der Waals surface area contributed by atoms with E-state index in [1.807, 2.05) is 0 Å². The van der Waals surface area contributed by atoms with Crippen molar-refractivity contribution >= 4 is 27.5 Å². The van der Waals surface area contributed by atoms with Gasteiger partial charge in [0, 0.05) is 12.1 Å². The van der Waals surface area contributed by atoms with Gasteiger partial charge in [0.25, 0.3) is 0 Å². The Morgan fingerprint density at radius 3 is 2.33 bits per heavy atom. The summed E-state index contributed by atoms with van der Waals surface area (Å²) in [4.78, 5) is 7.91. The molecule has 0 atom stereocenters. The van der Waals surface area contributed by atoms with Gasteiger partial charge in [0.1, 0.15) is 4.90 Å². The molecule has 0 fully saturated rings. The second-order valence-corrected chi connectivity index (χ2v) is 4.15. The molecule has 0 unspecified atom stereocenters. The van der Waals surface area contributed by atoms with Gasteiger partial charge in [-0.2, -0.15) is 12.8 Å². The maximum Gasteiger partial charge on any atom is 0.333 e. The molecule has 82 valence electrons. The standard InChI is InChI=1S/C6H2ClF2NO4S/c7-3-1-4(8)5(10(11)12)2-6(3)15(9,13)14/h1-2H. The quantitative estimate of drug-likeness (QED) is 0.461. The number of hydrogen-bond acceptors (Lipinski definition) is 4. The van der Waals surface area contributed by atoms with Gasteiger partial charge in [-0.1, -0.05) is 11.6 Å². The molecule has 1 aromatic rings. The van der Waals surface area contributed by atoms with E-state index in [0.29, 0.717) is 6.07 Å². The first kappa shape index (κ1) is 11.8. The number of hydrogen-bond donors (Lipinski definition) is 0. The van der Waals surface area contributed by atoms with Crippen molar-refractivity contribution in [2.75, 3.05) is 0 Å². The minimum Gasteiger partial charge on any atom is -0.258 e. The fourth-order valence-electron chi connectivity index (χ4n) is 0.845. The van der Waals surface area contributed by atoms with Crippen molar-refractivity contribution in [2.45, 2.75) is 4.90 Å². The Labute approximate surface area is 87.6 Å². The third kappa shape index (κ3) is 2.39. The number of nitro groups is 1. The van der Waals surface area contributed by atoms with E-state index in [9.17, 15) is 26.8 Å². The van der Waals surface area contributed by atoms with Crippen LogP contribution in [0.25, 0.3) is 0 Å². The lowest BCUT2D eigenvalue weighted by Crippen LogP contribution is -1.99. The molecule has 0 heterocycles. The lowest BCUT2D eigenvalue weighted by atomic mass is 10.3. The third-order valence-electron chi connectivity index (χ3n) is 1.46. The molecule has 0 saturated carbocycles. The number of halogens is 3. The van der Waals surface area contributed by atoms with Crippen molar-refractivity contribution in [3.8, 4) is 0 Å². The predicted molar refractivity (Wildman–Crippen MR) is 46.4 cm³/mol. The van der Waals surface area contributed by atoms with Crippen molar-refractivity contribution in [1.29, 1.82) is 0 Å². The van der Waals surface area contributed by atoms with E-state index in [0.717, 1.165) is 0 Å². The molecule has 9 heteroatoms. The second-order valence-electron chi connectivity index (χ2n) is 2.43. The highest BCUT2D eigenvalue weighted by Gasteiger charge is 2.24. The van der Waals surface area contributed by atoms with Crippen LogP contribution in [0.4, 0.5) is 14.0 Å². The van der Waals surface area contributed by atoms with Crippen molar-refractivity contribution < 1.29 is 21.6 Å². The maximum atomic E-state index is 12.8. The Morgan fingerprint density at radius 2 is 1.93 bits per heavy atom. The molecule has 0 aliphatic heterocycles. The molecule has 0 N–H and O–H groups in total. The first-order chi connectivity index (χ1) is 6.73. The van der Waals surface area contributed by atoms with Crippen LogP contribution in [0.2, 0.25) is 5.02 Å². The van der Waals surface area contributed by atoms with E-state index >= 15 is 0 Å². The van der Waals surface area contributed by atoms with Crippen LogP contribution >= 0.6 is 11.6 Å². The Bertz CT molecular complexity index is 530. The molecule has 0 amide bonds. The summed E-state index contributed by atoms with van der Waals surface area (Å²) in [6, 6.07) is 0.596. The number of nitro benzene ring substituents is 1. The molecule has 0 aliphatic carbocycles. The van der Waals surface area contributed by atoms with Gasteiger partial charge < -0.3 is 0 Å². The summed E-state index contributed by atoms with van der Waals surface area (Å²) in [5.41, 5.74) is -1.16. The van der Waals surface area contributed by atoms with Crippen LogP contribution in [-0.2, 0) is 10.2 Å². The fraction of sp³-hybridized carbons (Fsp3) is 0. The largest absolute Gasteiger partial charge is 0.333 e. The molecule has 0 aromatic heterocycles. The fourth-order valence-corrected chi connectivity index (χ4v) is 1.82. The van der Waals surface area contributed by atoms with Gasteiger partial charge in [-0.15, -0.1) is 3.89 Å². The highest BCUT2D eigenvalue weighted by molar-refractivity contribution is 7.86. The third-order valence-corrected chi connectivity index (χ3v) is 2.75. The molecule has 5 nitrogen and oxygen atoms in total. The summed E-state index contributed by atoms with van der Waals surface area (Å²) >= 11 is 5.21. The Hall–Kier alpha value is -1.28. The molecular formula is C6H2ClF2NO4S. The van der Waals surface area contributed by atoms with Crippen LogP contribution in [0.1, 0.15) is 0 Å². The molecule has 0 bridgehead atoms. The smallest absolute Gasteiger partial charge is 0.258 e. The SMILES string of the molecule is O=[N+]([O-])c1cc(S(=O)(=O)F)c(Cl)cc1F. The lowest BCUT2D eigenvalue weighted by Gasteiger charge is -1.99. The Morgan fingerprint density at radius 1 is 1.40 bits per heavy atom. The van der Waals surface area contributed by atoms with Gasteiger partial charge in [-0.25, -0.2) is 0 Å². The van der Waals surface area contributed by atoms with Gasteiger partial charge in [0.05, 0.1) is 9.95 Å². The molecule has 0 radical (unpaired) electrons. The van der Waals surface area contributed by atoms with Crippen LogP contribution in [0.5, 0.6) is 0 Å². The molecule has 0 saturated heterocycles. The van der Waals surface area contributed by atoms with Gasteiger partial charge in [-0.3, -0.25) is 10.1 Å². The first-order valence-corrected chi connectivity index (χ1v) is 5.07. The lowest BCUT2D eigenvalue weighted by molar-refractivity contribution is -0.387. The van der Waals surface area contributed by atoms with Crippen molar-refractivity contribution in [2.24, 2.45) is 0 Å². The number of benzene rings is 1. The summed E-state index contributed by atoms with van der Waals surface area (Å²) in [6.07, 6.45) is 0. The summed E-state index contributed by atoms with van der Waals surface area (Å²) in [5, 5.41) is 9.47. The van der Waals surface area contributed by atoms with E-state index in [2.05, 4.69) is 0 Å². The van der Waals surface area contributed by atoms with Crippen LogP contribution in [0.15, 0.2) is 17.0 Å². The van der Waals surface area contributed by atoms with Crippen LogP contribution in [0, 0.1) is 15.9 Å². The van der Waals surface area contributed by atoms with E-state index in [-0.39, 0.29) is 6.07 Å². The van der Waals surface area contributed by atoms with Crippen LogP contribution < -0.4 is 0 Å². The topological polar surface area (TPSA) is 77.3 Å². The molecule has 0 spiro atoms. The van der Waals surface area contributed by atoms with Gasteiger partial charge in [0.15, 0.2) is 0 Å². The molecule has 15 heavy (non-hydrogen) atoms. The monoisotopic (exact) mass is 257 g/mol. The number of rotatable bonds is 2. The van der Waals surface area contributed by atoms with E-state index in [1.165, 1.54) is 0 Å². The van der Waals surface area contributed by atoms with E-state index < -0.39 is 36.6 Å². The summed E-state index contributed by atoms with van der Waals surface area (Å²) in [6.45, 7) is 0. The van der Waals surface area contributed by atoms with Crippen molar-refractivity contribution in [3.05, 3.63) is 33.1 Å². The zero-order valence-corrected chi connectivity index (χ0v) is 8.35. The Balaban J connectivity index is 3.58. The normalized spacial score (nSPS) is 11.4. The van der Waals surface area contributed by atoms with Crippen LogP contribution in [-0.4, -0.2) is 13.3 Å². The van der Waals surface area contributed by atoms with Crippen molar-refractivity contribution in [1.82, 2.24) is 0 Å². The molecular weight excluding hydrogens is 256 g/mol. The van der Waals surface area contributed by atoms with Crippen molar-refractivity contribution in [3.63, 3.8) is 0 Å².